The average Bonchev–Trinajstić information content (AvgIpc) is 3.07. The molecule has 1 unspecified atom stereocenters. The van der Waals surface area contributed by atoms with Crippen molar-refractivity contribution in [3.63, 3.8) is 0 Å². The van der Waals surface area contributed by atoms with Crippen molar-refractivity contribution in [3.05, 3.63) is 29.8 Å². The standard InChI is InChI=1S/C22H33NO4S/c1-2-3-14-23(20-13-15-28(25,26)17-20)22(24)16-27-21-11-9-19(10-12-21)18-7-5-4-6-8-18/h9-12,18,20H,2-8,13-17H2,1H3. The lowest BCUT2D eigenvalue weighted by atomic mass is 9.84. The van der Waals surface area contributed by atoms with Crippen LogP contribution in [0.1, 0.15) is 69.8 Å². The zero-order valence-corrected chi connectivity index (χ0v) is 17.8. The topological polar surface area (TPSA) is 63.7 Å². The van der Waals surface area contributed by atoms with E-state index in [4.69, 9.17) is 4.74 Å². The quantitative estimate of drug-likeness (QED) is 0.655. The van der Waals surface area contributed by atoms with Gasteiger partial charge in [0.1, 0.15) is 5.75 Å². The van der Waals surface area contributed by atoms with Crippen molar-refractivity contribution in [1.29, 1.82) is 0 Å². The first-order valence-electron chi connectivity index (χ1n) is 10.7. The number of hydrogen-bond acceptors (Lipinski definition) is 4. The summed E-state index contributed by atoms with van der Waals surface area (Å²) in [5.41, 5.74) is 1.36. The summed E-state index contributed by atoms with van der Waals surface area (Å²) in [6.45, 7) is 2.63. The normalized spacial score (nSPS) is 22.1. The number of amides is 1. The van der Waals surface area contributed by atoms with E-state index in [0.29, 0.717) is 24.6 Å². The number of carbonyl (C=O) groups is 1. The Kier molecular flexibility index (Phi) is 7.38. The molecule has 0 bridgehead atoms. The molecule has 156 valence electrons. The third-order valence-corrected chi connectivity index (χ3v) is 7.79. The van der Waals surface area contributed by atoms with E-state index in [1.54, 1.807) is 4.90 Å². The Bertz CT molecular complexity index is 738. The molecule has 1 aliphatic carbocycles. The highest BCUT2D eigenvalue weighted by molar-refractivity contribution is 7.91. The van der Waals surface area contributed by atoms with Crippen LogP contribution in [0.15, 0.2) is 24.3 Å². The lowest BCUT2D eigenvalue weighted by molar-refractivity contribution is -0.135. The minimum atomic E-state index is -3.02. The summed E-state index contributed by atoms with van der Waals surface area (Å²) >= 11 is 0. The lowest BCUT2D eigenvalue weighted by Crippen LogP contribution is -2.44. The molecule has 3 rings (SSSR count). The van der Waals surface area contributed by atoms with Gasteiger partial charge in [0, 0.05) is 12.6 Å². The Hall–Kier alpha value is -1.56. The van der Waals surface area contributed by atoms with Gasteiger partial charge in [0.2, 0.25) is 0 Å². The Balaban J connectivity index is 1.56. The summed E-state index contributed by atoms with van der Waals surface area (Å²) < 4.78 is 29.4. The first-order valence-corrected chi connectivity index (χ1v) is 12.5. The molecule has 0 N–H and O–H groups in total. The fraction of sp³-hybridized carbons (Fsp3) is 0.682. The monoisotopic (exact) mass is 407 g/mol. The number of ether oxygens (including phenoxy) is 1. The third kappa shape index (κ3) is 5.72. The highest BCUT2D eigenvalue weighted by atomic mass is 32.2. The molecule has 1 atom stereocenters. The molecule has 1 aromatic carbocycles. The maximum atomic E-state index is 12.7. The van der Waals surface area contributed by atoms with Crippen LogP contribution in [0, 0.1) is 0 Å². The van der Waals surface area contributed by atoms with Crippen LogP contribution in [-0.2, 0) is 14.6 Å². The van der Waals surface area contributed by atoms with Gasteiger partial charge in [-0.2, -0.15) is 0 Å². The second kappa shape index (κ2) is 9.77. The number of unbranched alkanes of at least 4 members (excludes halogenated alkanes) is 1. The molecule has 1 heterocycles. The molecule has 1 aromatic rings. The SMILES string of the molecule is CCCCN(C(=O)COc1ccc(C2CCCCC2)cc1)C1CCS(=O)(=O)C1. The zero-order valence-electron chi connectivity index (χ0n) is 16.9. The van der Waals surface area contributed by atoms with Crippen molar-refractivity contribution < 1.29 is 17.9 Å². The summed E-state index contributed by atoms with van der Waals surface area (Å²) in [7, 11) is -3.02. The van der Waals surface area contributed by atoms with Crippen molar-refractivity contribution in [1.82, 2.24) is 4.90 Å². The Morgan fingerprint density at radius 1 is 1.11 bits per heavy atom. The number of benzene rings is 1. The summed E-state index contributed by atoms with van der Waals surface area (Å²) in [5.74, 6) is 1.49. The molecule has 6 heteroatoms. The molecule has 1 saturated carbocycles. The highest BCUT2D eigenvalue weighted by Gasteiger charge is 2.34. The van der Waals surface area contributed by atoms with E-state index >= 15 is 0 Å². The summed E-state index contributed by atoms with van der Waals surface area (Å²) in [4.78, 5) is 14.5. The number of sulfone groups is 1. The first-order chi connectivity index (χ1) is 13.5. The van der Waals surface area contributed by atoms with Crippen LogP contribution in [-0.4, -0.2) is 49.9 Å². The second-order valence-electron chi connectivity index (χ2n) is 8.19. The van der Waals surface area contributed by atoms with Gasteiger partial charge in [0.15, 0.2) is 16.4 Å². The maximum absolute atomic E-state index is 12.7. The van der Waals surface area contributed by atoms with Crippen molar-refractivity contribution in [2.75, 3.05) is 24.7 Å². The van der Waals surface area contributed by atoms with Crippen molar-refractivity contribution in [3.8, 4) is 5.75 Å². The Labute approximate surface area is 169 Å². The van der Waals surface area contributed by atoms with Gasteiger partial charge < -0.3 is 9.64 Å². The van der Waals surface area contributed by atoms with Gasteiger partial charge in [-0.25, -0.2) is 8.42 Å². The highest BCUT2D eigenvalue weighted by Crippen LogP contribution is 2.33. The largest absolute Gasteiger partial charge is 0.484 e. The Morgan fingerprint density at radius 3 is 2.43 bits per heavy atom. The van der Waals surface area contributed by atoms with E-state index in [9.17, 15) is 13.2 Å². The summed E-state index contributed by atoms with van der Waals surface area (Å²) in [5, 5.41) is 0. The molecule has 28 heavy (non-hydrogen) atoms. The predicted octanol–water partition coefficient (Wildman–Crippen LogP) is 3.93. The molecule has 1 aliphatic heterocycles. The van der Waals surface area contributed by atoms with Gasteiger partial charge in [-0.15, -0.1) is 0 Å². The van der Waals surface area contributed by atoms with Crippen LogP contribution in [0.2, 0.25) is 0 Å². The lowest BCUT2D eigenvalue weighted by Gasteiger charge is -2.28. The van der Waals surface area contributed by atoms with Gasteiger partial charge in [-0.1, -0.05) is 44.7 Å². The number of nitrogens with zero attached hydrogens (tertiary/aromatic N) is 1. The summed E-state index contributed by atoms with van der Waals surface area (Å²) in [6, 6.07) is 7.94. The molecule has 5 nitrogen and oxygen atoms in total. The zero-order chi connectivity index (χ0) is 20.0. The molecule has 1 amide bonds. The molecular weight excluding hydrogens is 374 g/mol. The van der Waals surface area contributed by atoms with Crippen LogP contribution in [0.5, 0.6) is 5.75 Å². The molecule has 0 radical (unpaired) electrons. The molecule has 0 aromatic heterocycles. The Morgan fingerprint density at radius 2 is 1.82 bits per heavy atom. The molecule has 2 fully saturated rings. The van der Waals surface area contributed by atoms with Crippen LogP contribution in [0.4, 0.5) is 0 Å². The van der Waals surface area contributed by atoms with Crippen molar-refractivity contribution >= 4 is 15.7 Å². The van der Waals surface area contributed by atoms with E-state index < -0.39 is 9.84 Å². The van der Waals surface area contributed by atoms with E-state index in [-0.39, 0.29) is 30.1 Å². The predicted molar refractivity (Wildman–Crippen MR) is 111 cm³/mol. The molecule has 1 saturated heterocycles. The summed E-state index contributed by atoms with van der Waals surface area (Å²) in [6.07, 6.45) is 8.85. The third-order valence-electron chi connectivity index (χ3n) is 6.04. The minimum absolute atomic E-state index is 0.0387. The number of carbonyl (C=O) groups excluding carboxylic acids is 1. The van der Waals surface area contributed by atoms with Gasteiger partial charge in [-0.05, 0) is 49.3 Å². The van der Waals surface area contributed by atoms with Gasteiger partial charge in [-0.3, -0.25) is 4.79 Å². The van der Waals surface area contributed by atoms with Crippen LogP contribution >= 0.6 is 0 Å². The van der Waals surface area contributed by atoms with E-state index in [1.807, 2.05) is 12.1 Å². The van der Waals surface area contributed by atoms with E-state index in [2.05, 4.69) is 19.1 Å². The van der Waals surface area contributed by atoms with Crippen molar-refractivity contribution in [2.45, 2.75) is 70.3 Å². The fourth-order valence-corrected chi connectivity index (χ4v) is 6.09. The minimum Gasteiger partial charge on any atom is -0.484 e. The van der Waals surface area contributed by atoms with Gasteiger partial charge >= 0.3 is 0 Å². The van der Waals surface area contributed by atoms with Crippen LogP contribution in [0.25, 0.3) is 0 Å². The maximum Gasteiger partial charge on any atom is 0.260 e. The van der Waals surface area contributed by atoms with Gasteiger partial charge in [0.05, 0.1) is 11.5 Å². The van der Waals surface area contributed by atoms with Crippen LogP contribution < -0.4 is 4.74 Å². The number of hydrogen-bond donors (Lipinski definition) is 0. The smallest absolute Gasteiger partial charge is 0.260 e. The van der Waals surface area contributed by atoms with E-state index in [0.717, 1.165) is 12.8 Å². The fourth-order valence-electron chi connectivity index (χ4n) is 4.36. The molecule has 0 spiro atoms. The van der Waals surface area contributed by atoms with Crippen molar-refractivity contribution in [2.24, 2.45) is 0 Å². The van der Waals surface area contributed by atoms with E-state index in [1.165, 1.54) is 37.7 Å². The van der Waals surface area contributed by atoms with Gasteiger partial charge in [0.25, 0.3) is 5.91 Å². The molecule has 2 aliphatic rings. The molecular formula is C22H33NO4S. The average molecular weight is 408 g/mol. The van der Waals surface area contributed by atoms with Crippen LogP contribution in [0.3, 0.4) is 0 Å². The second-order valence-corrected chi connectivity index (χ2v) is 10.4. The number of rotatable bonds is 8. The first kappa shape index (κ1) is 21.2.